The Kier molecular flexibility index (Phi) is 5.78. The van der Waals surface area contributed by atoms with E-state index in [1.165, 1.54) is 13.2 Å². The average molecular weight is 303 g/mol. The largest absolute Gasteiger partial charge is 0.478 e. The Balaban J connectivity index is 3.22. The highest BCUT2D eigenvalue weighted by Crippen LogP contribution is 2.34. The van der Waals surface area contributed by atoms with Gasteiger partial charge in [-0.3, -0.25) is 0 Å². The van der Waals surface area contributed by atoms with E-state index < -0.39 is 23.3 Å². The fourth-order valence-electron chi connectivity index (χ4n) is 1.84. The summed E-state index contributed by atoms with van der Waals surface area (Å²) in [6.45, 7) is 4.71. The van der Waals surface area contributed by atoms with Crippen LogP contribution in [0.4, 0.5) is 18.9 Å². The maximum atomic E-state index is 12.8. The summed E-state index contributed by atoms with van der Waals surface area (Å²) in [6.07, 6.45) is -3.13. The molecule has 1 aromatic carbocycles. The van der Waals surface area contributed by atoms with Crippen LogP contribution in [-0.4, -0.2) is 37.9 Å². The summed E-state index contributed by atoms with van der Waals surface area (Å²) in [5.74, 6) is -1.62. The quantitative estimate of drug-likeness (QED) is 0.787. The van der Waals surface area contributed by atoms with Crippen molar-refractivity contribution in [3.8, 4) is 0 Å². The molecule has 0 amide bonds. The van der Waals surface area contributed by atoms with E-state index in [-0.39, 0.29) is 0 Å². The first kappa shape index (κ1) is 17.0. The maximum absolute atomic E-state index is 12.8. The number of methoxy groups -OCH3 is 1. The van der Waals surface area contributed by atoms with Gasteiger partial charge in [-0.2, -0.15) is 13.2 Å². The molecule has 0 unspecified atom stereocenters. The molecule has 0 aliphatic carbocycles. The number of carboxylic acids is 1. The number of hydrogen-bond donors (Lipinski definition) is 1. The van der Waals surface area contributed by atoms with E-state index in [1.807, 2.05) is 0 Å². The van der Waals surface area contributed by atoms with Gasteiger partial charge >= 0.3 is 12.1 Å². The lowest BCUT2D eigenvalue weighted by molar-refractivity contribution is -0.138. The molecule has 0 aromatic heterocycles. The van der Waals surface area contributed by atoms with E-state index in [2.05, 4.69) is 6.58 Å². The molecule has 1 rings (SSSR count). The van der Waals surface area contributed by atoms with Crippen LogP contribution < -0.4 is 4.90 Å². The minimum Gasteiger partial charge on any atom is -0.478 e. The number of ether oxygens (including phenoxy) is 1. The van der Waals surface area contributed by atoms with Crippen molar-refractivity contribution in [1.29, 1.82) is 0 Å². The summed E-state index contributed by atoms with van der Waals surface area (Å²) < 4.78 is 43.3. The van der Waals surface area contributed by atoms with Gasteiger partial charge in [0.2, 0.25) is 0 Å². The van der Waals surface area contributed by atoms with Crippen LogP contribution in [0.25, 0.3) is 0 Å². The van der Waals surface area contributed by atoms with Gasteiger partial charge < -0.3 is 14.7 Å². The van der Waals surface area contributed by atoms with Gasteiger partial charge in [0.15, 0.2) is 0 Å². The summed E-state index contributed by atoms with van der Waals surface area (Å²) in [7, 11) is 1.50. The van der Waals surface area contributed by atoms with Crippen molar-refractivity contribution >= 4 is 11.7 Å². The van der Waals surface area contributed by atoms with Crippen LogP contribution in [0.5, 0.6) is 0 Å². The van der Waals surface area contributed by atoms with Crippen molar-refractivity contribution in [2.75, 3.05) is 31.7 Å². The molecule has 21 heavy (non-hydrogen) atoms. The van der Waals surface area contributed by atoms with Crippen LogP contribution in [0.1, 0.15) is 15.9 Å². The molecule has 7 heteroatoms. The summed E-state index contributed by atoms with van der Waals surface area (Å²) in [6, 6.07) is 3.04. The van der Waals surface area contributed by atoms with E-state index in [4.69, 9.17) is 9.84 Å². The van der Waals surface area contributed by atoms with Crippen molar-refractivity contribution in [1.82, 2.24) is 0 Å². The van der Waals surface area contributed by atoms with Crippen molar-refractivity contribution < 1.29 is 27.8 Å². The Morgan fingerprint density at radius 1 is 1.48 bits per heavy atom. The first-order valence-electron chi connectivity index (χ1n) is 6.10. The van der Waals surface area contributed by atoms with Crippen molar-refractivity contribution in [3.63, 3.8) is 0 Å². The lowest BCUT2D eigenvalue weighted by Gasteiger charge is -2.24. The van der Waals surface area contributed by atoms with E-state index >= 15 is 0 Å². The van der Waals surface area contributed by atoms with Crippen LogP contribution in [0.3, 0.4) is 0 Å². The Bertz CT molecular complexity index is 515. The van der Waals surface area contributed by atoms with Gasteiger partial charge in [-0.05, 0) is 18.2 Å². The summed E-state index contributed by atoms with van der Waals surface area (Å²) in [5, 5.41) is 8.98. The highest BCUT2D eigenvalue weighted by molar-refractivity contribution is 5.91. The summed E-state index contributed by atoms with van der Waals surface area (Å²) in [5.41, 5.74) is -1.56. The van der Waals surface area contributed by atoms with Crippen LogP contribution in [0, 0.1) is 0 Å². The molecule has 0 atom stereocenters. The second-order valence-corrected chi connectivity index (χ2v) is 4.26. The lowest BCUT2D eigenvalue weighted by atomic mass is 10.1. The molecule has 1 N–H and O–H groups in total. The normalized spacial score (nSPS) is 11.2. The third-order valence-electron chi connectivity index (χ3n) is 2.82. The standard InChI is InChI=1S/C14H16F3NO3/c1-3-6-18(7-8-21-2)10-4-5-12(14(15,16)17)11(9-10)13(19)20/h3-5,9H,1,6-8H2,2H3,(H,19,20). The third-order valence-corrected chi connectivity index (χ3v) is 2.82. The van der Waals surface area contributed by atoms with Gasteiger partial charge in [0, 0.05) is 25.9 Å². The fraction of sp³-hybridized carbons (Fsp3) is 0.357. The number of nitrogens with zero attached hydrogens (tertiary/aromatic N) is 1. The molecule has 0 heterocycles. The minimum atomic E-state index is -4.71. The number of benzene rings is 1. The van der Waals surface area contributed by atoms with E-state index in [1.54, 1.807) is 11.0 Å². The molecular weight excluding hydrogens is 287 g/mol. The van der Waals surface area contributed by atoms with Gasteiger partial charge in [-0.15, -0.1) is 6.58 Å². The number of rotatable bonds is 7. The zero-order valence-electron chi connectivity index (χ0n) is 11.5. The topological polar surface area (TPSA) is 49.8 Å². The van der Waals surface area contributed by atoms with Gasteiger partial charge in [-0.1, -0.05) is 6.08 Å². The number of alkyl halides is 3. The molecular formula is C14H16F3NO3. The van der Waals surface area contributed by atoms with Crippen LogP contribution in [0.15, 0.2) is 30.9 Å². The second kappa shape index (κ2) is 7.12. The van der Waals surface area contributed by atoms with Gasteiger partial charge in [0.25, 0.3) is 0 Å². The number of hydrogen-bond acceptors (Lipinski definition) is 3. The molecule has 0 aliphatic heterocycles. The predicted octanol–water partition coefficient (Wildman–Crippen LogP) is 3.04. The van der Waals surface area contributed by atoms with Gasteiger partial charge in [0.1, 0.15) is 0 Å². The zero-order valence-corrected chi connectivity index (χ0v) is 11.5. The smallest absolute Gasteiger partial charge is 0.417 e. The van der Waals surface area contributed by atoms with Crippen molar-refractivity contribution in [2.24, 2.45) is 0 Å². The highest BCUT2D eigenvalue weighted by atomic mass is 19.4. The predicted molar refractivity (Wildman–Crippen MR) is 72.7 cm³/mol. The van der Waals surface area contributed by atoms with Crippen LogP contribution in [-0.2, 0) is 10.9 Å². The Labute approximate surface area is 120 Å². The fourth-order valence-corrected chi connectivity index (χ4v) is 1.84. The maximum Gasteiger partial charge on any atom is 0.417 e. The Morgan fingerprint density at radius 3 is 2.62 bits per heavy atom. The van der Waals surface area contributed by atoms with Crippen molar-refractivity contribution in [3.05, 3.63) is 42.0 Å². The number of aromatic carboxylic acids is 1. The first-order valence-corrected chi connectivity index (χ1v) is 6.10. The van der Waals surface area contributed by atoms with Gasteiger partial charge in [-0.25, -0.2) is 4.79 Å². The van der Waals surface area contributed by atoms with E-state index in [9.17, 15) is 18.0 Å². The van der Waals surface area contributed by atoms with Crippen molar-refractivity contribution in [2.45, 2.75) is 6.18 Å². The number of halogens is 3. The molecule has 0 bridgehead atoms. The molecule has 0 spiro atoms. The second-order valence-electron chi connectivity index (χ2n) is 4.26. The summed E-state index contributed by atoms with van der Waals surface area (Å²) >= 11 is 0. The molecule has 0 saturated heterocycles. The molecule has 1 aromatic rings. The number of carboxylic acid groups (broad SMARTS) is 1. The first-order chi connectivity index (χ1) is 9.81. The SMILES string of the molecule is C=CCN(CCOC)c1ccc(C(F)(F)F)c(C(=O)O)c1. The highest BCUT2D eigenvalue weighted by Gasteiger charge is 2.35. The monoisotopic (exact) mass is 303 g/mol. The summed E-state index contributed by atoms with van der Waals surface area (Å²) in [4.78, 5) is 12.7. The Morgan fingerprint density at radius 2 is 2.14 bits per heavy atom. The molecule has 0 saturated carbocycles. The molecule has 116 valence electrons. The number of carbonyl (C=O) groups is 1. The van der Waals surface area contributed by atoms with Gasteiger partial charge in [0.05, 0.1) is 17.7 Å². The molecule has 0 radical (unpaired) electrons. The van der Waals surface area contributed by atoms with Crippen LogP contribution >= 0.6 is 0 Å². The lowest BCUT2D eigenvalue weighted by Crippen LogP contribution is -2.27. The van der Waals surface area contributed by atoms with E-state index in [0.717, 1.165) is 12.1 Å². The minimum absolute atomic E-state index is 0.358. The third kappa shape index (κ3) is 4.49. The molecule has 4 nitrogen and oxygen atoms in total. The zero-order chi connectivity index (χ0) is 16.0. The molecule has 0 fully saturated rings. The Hall–Kier alpha value is -2.02. The molecule has 0 aliphatic rings. The number of anilines is 1. The average Bonchev–Trinajstić information content (AvgIpc) is 2.41. The van der Waals surface area contributed by atoms with E-state index in [0.29, 0.717) is 25.4 Å². The van der Waals surface area contributed by atoms with Crippen LogP contribution in [0.2, 0.25) is 0 Å².